The van der Waals surface area contributed by atoms with Gasteiger partial charge in [0.2, 0.25) is 0 Å². The molecule has 1 saturated carbocycles. The summed E-state index contributed by atoms with van der Waals surface area (Å²) in [5, 5.41) is 1.43. The van der Waals surface area contributed by atoms with E-state index in [1.807, 2.05) is 37.3 Å². The van der Waals surface area contributed by atoms with Gasteiger partial charge in [-0.25, -0.2) is 4.98 Å². The zero-order valence-corrected chi connectivity index (χ0v) is 16.1. The summed E-state index contributed by atoms with van der Waals surface area (Å²) in [5.74, 6) is -1.11. The Morgan fingerprint density at radius 2 is 1.93 bits per heavy atom. The van der Waals surface area contributed by atoms with E-state index in [9.17, 15) is 9.59 Å². The normalized spacial score (nSPS) is 18.4. The summed E-state index contributed by atoms with van der Waals surface area (Å²) in [6.07, 6.45) is 3.48. The predicted octanol–water partition coefficient (Wildman–Crippen LogP) is 4.88. The van der Waals surface area contributed by atoms with Crippen LogP contribution in [0.2, 0.25) is 5.02 Å². The van der Waals surface area contributed by atoms with Crippen molar-refractivity contribution < 1.29 is 9.59 Å². The predicted molar refractivity (Wildman–Crippen MR) is 107 cm³/mol. The monoisotopic (exact) mass is 394 g/mol. The molecule has 0 N–H and O–H groups in total. The number of nitrogens with zero attached hydrogens (tertiary/aromatic N) is 2. The maximum absolute atomic E-state index is 12.9. The number of aryl methyl sites for hydroxylation is 1. The molecular formula is C21H15ClN2O2S. The number of thiazole rings is 1. The van der Waals surface area contributed by atoms with Crippen molar-refractivity contribution in [1.29, 1.82) is 0 Å². The molecule has 1 unspecified atom stereocenters. The molecule has 27 heavy (non-hydrogen) atoms. The summed E-state index contributed by atoms with van der Waals surface area (Å²) in [4.78, 5) is 35.2. The van der Waals surface area contributed by atoms with Crippen molar-refractivity contribution in [3.8, 4) is 10.6 Å². The summed E-state index contributed by atoms with van der Waals surface area (Å²) >= 11 is 7.42. The molecule has 0 aliphatic heterocycles. The van der Waals surface area contributed by atoms with E-state index in [4.69, 9.17) is 11.6 Å². The first-order valence-electron chi connectivity index (χ1n) is 8.45. The lowest BCUT2D eigenvalue weighted by Gasteiger charge is -2.04. The van der Waals surface area contributed by atoms with Crippen LogP contribution in [0.25, 0.3) is 16.6 Å². The highest BCUT2D eigenvalue weighted by molar-refractivity contribution is 7.15. The number of ketones is 2. The van der Waals surface area contributed by atoms with Crippen LogP contribution in [0.1, 0.15) is 28.6 Å². The standard InChI is InChI=1S/C21H15ClN2O2S/c1-12-19(24-21(27-12)13-5-7-15(22)8-6-13)18-17(25)11-14(20(18)26)10-16-4-2-3-9-23-16/h2-10,18H,11H2,1H3/b14-10-. The van der Waals surface area contributed by atoms with Crippen LogP contribution in [-0.4, -0.2) is 21.5 Å². The number of rotatable bonds is 3. The fraction of sp³-hybridized carbons (Fsp3) is 0.143. The van der Waals surface area contributed by atoms with Crippen LogP contribution in [0.5, 0.6) is 0 Å². The van der Waals surface area contributed by atoms with Crippen molar-refractivity contribution >= 4 is 40.6 Å². The minimum Gasteiger partial charge on any atom is -0.298 e. The minimum absolute atomic E-state index is 0.113. The summed E-state index contributed by atoms with van der Waals surface area (Å²) in [7, 11) is 0. The van der Waals surface area contributed by atoms with Crippen molar-refractivity contribution in [3.63, 3.8) is 0 Å². The van der Waals surface area contributed by atoms with Crippen LogP contribution in [0.15, 0.2) is 54.2 Å². The molecule has 134 valence electrons. The smallest absolute Gasteiger partial charge is 0.175 e. The van der Waals surface area contributed by atoms with Gasteiger partial charge in [-0.1, -0.05) is 29.8 Å². The number of hydrogen-bond donors (Lipinski definition) is 0. The van der Waals surface area contributed by atoms with Crippen molar-refractivity contribution in [2.75, 3.05) is 0 Å². The number of allylic oxidation sites excluding steroid dienone is 1. The second-order valence-electron chi connectivity index (χ2n) is 6.33. The highest BCUT2D eigenvalue weighted by Gasteiger charge is 2.40. The van der Waals surface area contributed by atoms with Crippen molar-refractivity contribution in [3.05, 3.63) is 75.5 Å². The number of halogens is 1. The van der Waals surface area contributed by atoms with Crippen molar-refractivity contribution in [2.24, 2.45) is 0 Å². The Kier molecular flexibility index (Phi) is 4.72. The second kappa shape index (κ2) is 7.18. The van der Waals surface area contributed by atoms with E-state index in [2.05, 4.69) is 9.97 Å². The van der Waals surface area contributed by atoms with E-state index in [-0.39, 0.29) is 18.0 Å². The molecule has 4 nitrogen and oxygen atoms in total. The van der Waals surface area contributed by atoms with E-state index in [0.29, 0.717) is 22.0 Å². The Bertz CT molecular complexity index is 1060. The molecule has 3 aromatic rings. The van der Waals surface area contributed by atoms with E-state index in [1.54, 1.807) is 24.4 Å². The molecule has 1 aromatic carbocycles. The number of carbonyl (C=O) groups is 2. The van der Waals surface area contributed by atoms with Crippen LogP contribution in [0, 0.1) is 6.92 Å². The van der Waals surface area contributed by atoms with Gasteiger partial charge < -0.3 is 0 Å². The molecule has 1 atom stereocenters. The van der Waals surface area contributed by atoms with Crippen LogP contribution in [0.4, 0.5) is 0 Å². The quantitative estimate of drug-likeness (QED) is 0.469. The zero-order valence-electron chi connectivity index (χ0n) is 14.5. The number of benzene rings is 1. The minimum atomic E-state index is -0.822. The molecule has 0 bridgehead atoms. The average molecular weight is 395 g/mol. The van der Waals surface area contributed by atoms with E-state index >= 15 is 0 Å². The molecule has 0 amide bonds. The van der Waals surface area contributed by atoms with E-state index in [1.165, 1.54) is 11.3 Å². The number of carbonyl (C=O) groups excluding carboxylic acids is 2. The third-order valence-corrected chi connectivity index (χ3v) is 5.76. The Labute approximate surface area is 165 Å². The van der Waals surface area contributed by atoms with Crippen molar-refractivity contribution in [1.82, 2.24) is 9.97 Å². The Morgan fingerprint density at radius 3 is 2.63 bits per heavy atom. The highest BCUT2D eigenvalue weighted by atomic mass is 35.5. The topological polar surface area (TPSA) is 59.9 Å². The lowest BCUT2D eigenvalue weighted by molar-refractivity contribution is -0.123. The van der Waals surface area contributed by atoms with Gasteiger partial charge in [-0.05, 0) is 37.3 Å². The third-order valence-electron chi connectivity index (χ3n) is 4.47. The first-order valence-corrected chi connectivity index (χ1v) is 9.64. The highest BCUT2D eigenvalue weighted by Crippen LogP contribution is 2.38. The molecule has 0 radical (unpaired) electrons. The zero-order chi connectivity index (χ0) is 19.0. The third kappa shape index (κ3) is 3.48. The molecule has 1 aliphatic rings. The molecule has 6 heteroatoms. The Hall–Kier alpha value is -2.63. The van der Waals surface area contributed by atoms with E-state index < -0.39 is 5.92 Å². The molecule has 1 fully saturated rings. The lowest BCUT2D eigenvalue weighted by Crippen LogP contribution is -2.14. The molecular weight excluding hydrogens is 380 g/mol. The summed E-state index contributed by atoms with van der Waals surface area (Å²) < 4.78 is 0. The SMILES string of the molecule is Cc1sc(-c2ccc(Cl)cc2)nc1C1C(=O)C/C(=C/c2ccccn2)C1=O. The largest absolute Gasteiger partial charge is 0.298 e. The molecule has 0 spiro atoms. The molecule has 4 rings (SSSR count). The number of Topliss-reactive ketones (excluding diaryl/α,β-unsaturated/α-hetero) is 2. The van der Waals surface area contributed by atoms with Crippen molar-refractivity contribution in [2.45, 2.75) is 19.3 Å². The fourth-order valence-corrected chi connectivity index (χ4v) is 4.22. The molecule has 2 aromatic heterocycles. The van der Waals surface area contributed by atoms with Gasteiger partial charge in [0.1, 0.15) is 10.9 Å². The fourth-order valence-electron chi connectivity index (χ4n) is 3.14. The van der Waals surface area contributed by atoms with Gasteiger partial charge in [0.25, 0.3) is 0 Å². The maximum atomic E-state index is 12.9. The first kappa shape index (κ1) is 17.8. The van der Waals surface area contributed by atoms with Gasteiger partial charge in [-0.3, -0.25) is 14.6 Å². The van der Waals surface area contributed by atoms with Gasteiger partial charge in [-0.15, -0.1) is 11.3 Å². The number of hydrogen-bond acceptors (Lipinski definition) is 5. The van der Waals surface area contributed by atoms with Gasteiger partial charge in [0, 0.05) is 33.7 Å². The van der Waals surface area contributed by atoms with Gasteiger partial charge in [0.05, 0.1) is 11.4 Å². The van der Waals surface area contributed by atoms with E-state index in [0.717, 1.165) is 15.4 Å². The number of aromatic nitrogens is 2. The first-order chi connectivity index (χ1) is 13.0. The van der Waals surface area contributed by atoms with Gasteiger partial charge in [-0.2, -0.15) is 0 Å². The van der Waals surface area contributed by atoms with Gasteiger partial charge in [0.15, 0.2) is 11.6 Å². The van der Waals surface area contributed by atoms with Gasteiger partial charge >= 0.3 is 0 Å². The second-order valence-corrected chi connectivity index (χ2v) is 7.97. The van der Waals surface area contributed by atoms with Crippen LogP contribution in [-0.2, 0) is 9.59 Å². The van der Waals surface area contributed by atoms with Crippen LogP contribution < -0.4 is 0 Å². The summed E-state index contributed by atoms with van der Waals surface area (Å²) in [6.45, 7) is 1.90. The number of pyridine rings is 1. The maximum Gasteiger partial charge on any atom is 0.175 e. The lowest BCUT2D eigenvalue weighted by atomic mass is 10.00. The average Bonchev–Trinajstić information content (AvgIpc) is 3.16. The molecule has 1 aliphatic carbocycles. The van der Waals surface area contributed by atoms with Crippen LogP contribution in [0.3, 0.4) is 0 Å². The summed E-state index contributed by atoms with van der Waals surface area (Å²) in [6, 6.07) is 12.8. The Morgan fingerprint density at radius 1 is 1.15 bits per heavy atom. The molecule has 2 heterocycles. The summed E-state index contributed by atoms with van der Waals surface area (Å²) in [5.41, 5.74) is 2.64. The molecule has 0 saturated heterocycles. The van der Waals surface area contributed by atoms with Crippen LogP contribution >= 0.6 is 22.9 Å². The Balaban J connectivity index is 1.67.